The van der Waals surface area contributed by atoms with Crippen LogP contribution in [0.2, 0.25) is 0 Å². The Balaban J connectivity index is 1.51. The monoisotopic (exact) mass is 380 g/mol. The normalized spacial score (nSPS) is 21.0. The lowest BCUT2D eigenvalue weighted by Gasteiger charge is -1.89. The van der Waals surface area contributed by atoms with Crippen molar-refractivity contribution in [3.05, 3.63) is 72.5 Å². The molecule has 6 heteroatoms. The van der Waals surface area contributed by atoms with Crippen LogP contribution in [0.4, 0.5) is 0 Å². The first kappa shape index (κ1) is 15.8. The van der Waals surface area contributed by atoms with Gasteiger partial charge in [0.15, 0.2) is 0 Å². The van der Waals surface area contributed by atoms with Crippen molar-refractivity contribution in [2.45, 2.75) is 19.3 Å². The molecular formula is C20H16N2O2S2. The van der Waals surface area contributed by atoms with Gasteiger partial charge in [0, 0.05) is 18.1 Å². The zero-order valence-corrected chi connectivity index (χ0v) is 15.7. The van der Waals surface area contributed by atoms with Gasteiger partial charge < -0.3 is 9.40 Å². The molecule has 130 valence electrons. The summed E-state index contributed by atoms with van der Waals surface area (Å²) in [7, 11) is 0. The third-order valence-electron chi connectivity index (χ3n) is 4.64. The first-order valence-electron chi connectivity index (χ1n) is 8.53. The fourth-order valence-electron chi connectivity index (χ4n) is 3.08. The van der Waals surface area contributed by atoms with Crippen LogP contribution < -0.4 is 14.8 Å². The Morgan fingerprint density at radius 3 is 2.85 bits per heavy atom. The molecule has 2 atom stereocenters. The van der Waals surface area contributed by atoms with E-state index >= 15 is 0 Å². The number of furan rings is 1. The summed E-state index contributed by atoms with van der Waals surface area (Å²) in [6, 6.07) is 12.0. The third kappa shape index (κ3) is 2.95. The molecular weight excluding hydrogens is 364 g/mol. The number of para-hydroxylation sites is 1. The quantitative estimate of drug-likeness (QED) is 0.592. The van der Waals surface area contributed by atoms with E-state index in [0.717, 1.165) is 31.4 Å². The van der Waals surface area contributed by atoms with Crippen molar-refractivity contribution in [3.63, 3.8) is 0 Å². The number of nitrogens with zero attached hydrogens (tertiary/aromatic N) is 1. The molecule has 0 bridgehead atoms. The molecule has 0 aliphatic heterocycles. The minimum Gasteiger partial charge on any atom is -0.461 e. The van der Waals surface area contributed by atoms with Gasteiger partial charge >= 0.3 is 0 Å². The summed E-state index contributed by atoms with van der Waals surface area (Å²) in [5.41, 5.74) is 0.881. The van der Waals surface area contributed by atoms with E-state index in [0.29, 0.717) is 16.4 Å². The standard InChI is InChI=1S/C20H16N2O2S2/c1-11-8-13(11)15-7-6-12(24-15)9-17-20(23)22-19(26-17)10-18-21-14-4-2-3-5-16(14)25-18/h2-7,9-11,13H,8H2,1H3,(H,22,23)/b17-9-,19-10-/t11-,13-/m1/s1. The van der Waals surface area contributed by atoms with Gasteiger partial charge in [-0.3, -0.25) is 4.79 Å². The second-order valence-electron chi connectivity index (χ2n) is 6.65. The van der Waals surface area contributed by atoms with E-state index < -0.39 is 0 Å². The molecule has 1 aromatic carbocycles. The molecule has 3 aromatic heterocycles. The van der Waals surface area contributed by atoms with Crippen molar-refractivity contribution in [2.24, 2.45) is 5.92 Å². The summed E-state index contributed by atoms with van der Waals surface area (Å²) in [6.45, 7) is 2.23. The van der Waals surface area contributed by atoms with Gasteiger partial charge in [-0.05, 0) is 36.6 Å². The molecule has 5 rings (SSSR count). The second kappa shape index (κ2) is 6.07. The summed E-state index contributed by atoms with van der Waals surface area (Å²) < 4.78 is 8.46. The Kier molecular flexibility index (Phi) is 3.69. The average molecular weight is 380 g/mol. The maximum atomic E-state index is 12.3. The van der Waals surface area contributed by atoms with Crippen molar-refractivity contribution < 1.29 is 4.42 Å². The van der Waals surface area contributed by atoms with E-state index in [9.17, 15) is 4.79 Å². The highest BCUT2D eigenvalue weighted by atomic mass is 32.1. The van der Waals surface area contributed by atoms with E-state index in [1.165, 1.54) is 17.8 Å². The number of benzene rings is 1. The number of rotatable bonds is 3. The summed E-state index contributed by atoms with van der Waals surface area (Å²) in [4.78, 5) is 19.8. The number of nitrogens with one attached hydrogen (secondary N) is 1. The third-order valence-corrected chi connectivity index (χ3v) is 6.59. The number of fused-ring (bicyclic) bond motifs is 1. The highest BCUT2D eigenvalue weighted by molar-refractivity contribution is 7.19. The summed E-state index contributed by atoms with van der Waals surface area (Å²) in [6.07, 6.45) is 4.93. The molecule has 4 nitrogen and oxygen atoms in total. The minimum atomic E-state index is -0.0971. The van der Waals surface area contributed by atoms with E-state index in [1.807, 2.05) is 42.5 Å². The molecule has 0 saturated heterocycles. The van der Waals surface area contributed by atoms with E-state index in [4.69, 9.17) is 4.42 Å². The van der Waals surface area contributed by atoms with Gasteiger partial charge in [-0.25, -0.2) is 4.98 Å². The largest absolute Gasteiger partial charge is 0.461 e. The predicted octanol–water partition coefficient (Wildman–Crippen LogP) is 3.42. The van der Waals surface area contributed by atoms with Crippen LogP contribution >= 0.6 is 22.7 Å². The van der Waals surface area contributed by atoms with Gasteiger partial charge in [0.1, 0.15) is 16.5 Å². The van der Waals surface area contributed by atoms with Crippen molar-refractivity contribution in [1.82, 2.24) is 9.97 Å². The van der Waals surface area contributed by atoms with Gasteiger partial charge in [0.2, 0.25) is 0 Å². The van der Waals surface area contributed by atoms with Crippen LogP contribution in [0.5, 0.6) is 0 Å². The fraction of sp³-hybridized carbons (Fsp3) is 0.200. The molecule has 1 fully saturated rings. The molecule has 0 spiro atoms. The predicted molar refractivity (Wildman–Crippen MR) is 106 cm³/mol. The smallest absolute Gasteiger partial charge is 0.266 e. The van der Waals surface area contributed by atoms with E-state index in [1.54, 1.807) is 11.3 Å². The number of aromatic nitrogens is 2. The van der Waals surface area contributed by atoms with Crippen molar-refractivity contribution >= 4 is 45.0 Å². The molecule has 3 heterocycles. The van der Waals surface area contributed by atoms with Gasteiger partial charge in [-0.2, -0.15) is 0 Å². The SMILES string of the molecule is C[C@@H]1C[C@H]1c1ccc(/C=c2\s/c(=C\c3nc4ccccc4s3)[nH]c2=O)o1. The minimum absolute atomic E-state index is 0.0971. The molecule has 1 saturated carbocycles. The van der Waals surface area contributed by atoms with Gasteiger partial charge in [0.25, 0.3) is 5.56 Å². The summed E-state index contributed by atoms with van der Waals surface area (Å²) in [5.74, 6) is 3.01. The Labute approximate surface area is 157 Å². The van der Waals surface area contributed by atoms with Crippen molar-refractivity contribution in [3.8, 4) is 0 Å². The van der Waals surface area contributed by atoms with E-state index in [2.05, 4.69) is 23.0 Å². The van der Waals surface area contributed by atoms with E-state index in [-0.39, 0.29) is 5.56 Å². The molecule has 1 N–H and O–H groups in total. The number of aromatic amines is 1. The molecule has 1 aliphatic rings. The first-order chi connectivity index (χ1) is 12.7. The Morgan fingerprint density at radius 2 is 2.04 bits per heavy atom. The van der Waals surface area contributed by atoms with Gasteiger partial charge in [0.05, 0.1) is 19.4 Å². The maximum Gasteiger partial charge on any atom is 0.266 e. The maximum absolute atomic E-state index is 12.3. The number of hydrogen-bond acceptors (Lipinski definition) is 5. The fourth-order valence-corrected chi connectivity index (χ4v) is 4.94. The van der Waals surface area contributed by atoms with Crippen LogP contribution in [0.15, 0.2) is 45.6 Å². The number of hydrogen-bond donors (Lipinski definition) is 1. The van der Waals surface area contributed by atoms with Crippen LogP contribution in [0.1, 0.15) is 35.8 Å². The van der Waals surface area contributed by atoms with Crippen molar-refractivity contribution in [2.75, 3.05) is 0 Å². The van der Waals surface area contributed by atoms with Gasteiger partial charge in [-0.15, -0.1) is 22.7 Å². The van der Waals surface area contributed by atoms with Crippen LogP contribution in [-0.2, 0) is 0 Å². The zero-order chi connectivity index (χ0) is 17.7. The molecule has 0 amide bonds. The Morgan fingerprint density at radius 1 is 1.19 bits per heavy atom. The Hall–Kier alpha value is -2.44. The lowest BCUT2D eigenvalue weighted by atomic mass is 10.3. The summed E-state index contributed by atoms with van der Waals surface area (Å²) >= 11 is 3.03. The lowest BCUT2D eigenvalue weighted by Crippen LogP contribution is -2.19. The number of thiazole rings is 2. The first-order valence-corrected chi connectivity index (χ1v) is 10.2. The highest BCUT2D eigenvalue weighted by Crippen LogP contribution is 2.47. The molecule has 1 aliphatic carbocycles. The molecule has 0 unspecified atom stereocenters. The lowest BCUT2D eigenvalue weighted by molar-refractivity contribution is 0.497. The van der Waals surface area contributed by atoms with Crippen molar-refractivity contribution in [1.29, 1.82) is 0 Å². The number of H-pyrrole nitrogens is 1. The second-order valence-corrected chi connectivity index (χ2v) is 8.80. The topological polar surface area (TPSA) is 58.9 Å². The van der Waals surface area contributed by atoms with Crippen LogP contribution in [0.3, 0.4) is 0 Å². The summed E-state index contributed by atoms with van der Waals surface area (Å²) in [5, 5.41) is 0.887. The molecule has 26 heavy (non-hydrogen) atoms. The Bertz CT molecular complexity index is 1240. The average Bonchev–Trinajstić information content (AvgIpc) is 2.99. The van der Waals surface area contributed by atoms with Gasteiger partial charge in [-0.1, -0.05) is 19.1 Å². The van der Waals surface area contributed by atoms with Crippen LogP contribution in [0.25, 0.3) is 22.4 Å². The van der Waals surface area contributed by atoms with Crippen LogP contribution in [0, 0.1) is 5.92 Å². The molecule has 0 radical (unpaired) electrons. The zero-order valence-electron chi connectivity index (χ0n) is 14.1. The molecule has 4 aromatic rings. The highest BCUT2D eigenvalue weighted by Gasteiger charge is 2.36. The van der Waals surface area contributed by atoms with Crippen LogP contribution in [-0.4, -0.2) is 9.97 Å².